The fourth-order valence-corrected chi connectivity index (χ4v) is 3.74. The van der Waals surface area contributed by atoms with Crippen LogP contribution in [0.2, 0.25) is 5.02 Å². The number of nitrogens with zero attached hydrogens (tertiary/aromatic N) is 2. The maximum Gasteiger partial charge on any atom is 0.126 e. The molecule has 4 nitrogen and oxygen atoms in total. The van der Waals surface area contributed by atoms with Crippen molar-refractivity contribution in [2.45, 2.75) is 25.3 Å². The van der Waals surface area contributed by atoms with Crippen molar-refractivity contribution in [1.82, 2.24) is 4.90 Å². The highest BCUT2D eigenvalue weighted by Gasteiger charge is 2.29. The molecule has 1 aromatic rings. The molecule has 0 saturated carbocycles. The summed E-state index contributed by atoms with van der Waals surface area (Å²) in [5.41, 5.74) is 7.42. The van der Waals surface area contributed by atoms with Gasteiger partial charge >= 0.3 is 0 Å². The van der Waals surface area contributed by atoms with Gasteiger partial charge in [-0.2, -0.15) is 0 Å². The lowest BCUT2D eigenvalue weighted by Crippen LogP contribution is -2.37. The highest BCUT2D eigenvalue weighted by atomic mass is 35.5. The monoisotopic (exact) mass is 292 g/mol. The highest BCUT2D eigenvalue weighted by molar-refractivity contribution is 6.34. The average Bonchev–Trinajstić information content (AvgIpc) is 2.75. The molecule has 108 valence electrons. The smallest absolute Gasteiger partial charge is 0.126 e. The van der Waals surface area contributed by atoms with E-state index in [0.29, 0.717) is 16.6 Å². The summed E-state index contributed by atoms with van der Waals surface area (Å²) < 4.78 is 0. The van der Waals surface area contributed by atoms with Gasteiger partial charge in [0.1, 0.15) is 5.84 Å². The quantitative estimate of drug-likeness (QED) is 0.649. The largest absolute Gasteiger partial charge is 0.384 e. The molecule has 2 heterocycles. The third-order valence-corrected chi connectivity index (χ3v) is 4.72. The van der Waals surface area contributed by atoms with Crippen LogP contribution >= 0.6 is 11.6 Å². The molecule has 5 heteroatoms. The molecule has 20 heavy (non-hydrogen) atoms. The maximum atomic E-state index is 7.79. The number of hydrogen-bond donors (Lipinski definition) is 2. The van der Waals surface area contributed by atoms with Gasteiger partial charge in [-0.3, -0.25) is 10.3 Å². The van der Waals surface area contributed by atoms with Crippen LogP contribution in [-0.2, 0) is 0 Å². The highest BCUT2D eigenvalue weighted by Crippen LogP contribution is 2.30. The fraction of sp³-hybridized carbons (Fsp3) is 0.533. The third-order valence-electron chi connectivity index (χ3n) is 4.41. The zero-order valence-electron chi connectivity index (χ0n) is 11.6. The van der Waals surface area contributed by atoms with Gasteiger partial charge in [-0.15, -0.1) is 0 Å². The number of hydrogen-bond acceptors (Lipinski definition) is 3. The average molecular weight is 293 g/mol. The van der Waals surface area contributed by atoms with Crippen LogP contribution in [0, 0.1) is 5.41 Å². The van der Waals surface area contributed by atoms with Gasteiger partial charge in [0.25, 0.3) is 0 Å². The van der Waals surface area contributed by atoms with Crippen LogP contribution in [0.15, 0.2) is 18.2 Å². The molecular weight excluding hydrogens is 272 g/mol. The normalized spacial score (nSPS) is 23.4. The third kappa shape index (κ3) is 2.50. The van der Waals surface area contributed by atoms with Gasteiger partial charge in [0.15, 0.2) is 0 Å². The van der Waals surface area contributed by atoms with Crippen molar-refractivity contribution < 1.29 is 0 Å². The maximum absolute atomic E-state index is 7.79. The van der Waals surface area contributed by atoms with E-state index >= 15 is 0 Å². The molecule has 2 aliphatic rings. The minimum Gasteiger partial charge on any atom is -0.384 e. The molecule has 0 spiro atoms. The number of nitrogen functional groups attached to an aromatic ring is 1. The van der Waals surface area contributed by atoms with E-state index in [2.05, 4.69) is 9.80 Å². The second-order valence-electron chi connectivity index (χ2n) is 5.68. The lowest BCUT2D eigenvalue weighted by atomic mass is 10.1. The minimum atomic E-state index is 0.0538. The molecule has 3 rings (SSSR count). The predicted molar refractivity (Wildman–Crippen MR) is 83.9 cm³/mol. The van der Waals surface area contributed by atoms with E-state index in [1.54, 1.807) is 0 Å². The Labute approximate surface area is 125 Å². The summed E-state index contributed by atoms with van der Waals surface area (Å²) in [6.07, 6.45) is 3.72. The second-order valence-corrected chi connectivity index (χ2v) is 6.09. The van der Waals surface area contributed by atoms with E-state index in [9.17, 15) is 0 Å². The number of anilines is 1. The van der Waals surface area contributed by atoms with Gasteiger partial charge in [0, 0.05) is 31.4 Å². The summed E-state index contributed by atoms with van der Waals surface area (Å²) in [5, 5.41) is 8.37. The molecule has 0 aliphatic carbocycles. The zero-order chi connectivity index (χ0) is 14.1. The van der Waals surface area contributed by atoms with Crippen LogP contribution in [0.1, 0.15) is 24.8 Å². The van der Waals surface area contributed by atoms with Crippen molar-refractivity contribution >= 4 is 23.1 Å². The lowest BCUT2D eigenvalue weighted by Gasteiger charge is -2.29. The second kappa shape index (κ2) is 5.62. The Morgan fingerprint density at radius 1 is 1.25 bits per heavy atom. The summed E-state index contributed by atoms with van der Waals surface area (Å²) in [5.74, 6) is 0.0538. The van der Waals surface area contributed by atoms with Crippen molar-refractivity contribution in [3.8, 4) is 0 Å². The fourth-order valence-electron chi connectivity index (χ4n) is 3.47. The Morgan fingerprint density at radius 3 is 2.85 bits per heavy atom. The molecule has 1 atom stereocenters. The van der Waals surface area contributed by atoms with Crippen LogP contribution in [0.4, 0.5) is 5.69 Å². The first-order valence-electron chi connectivity index (χ1n) is 7.28. The SMILES string of the molecule is N=C(N)c1c(Cl)cccc1N1CCCN2CCCC2C1. The Bertz CT molecular complexity index is 517. The first-order valence-corrected chi connectivity index (χ1v) is 7.66. The number of nitrogens with two attached hydrogens (primary N) is 1. The van der Waals surface area contributed by atoms with Gasteiger partial charge in [-0.05, 0) is 37.9 Å². The molecule has 1 unspecified atom stereocenters. The number of benzene rings is 1. The molecule has 0 aromatic heterocycles. The Balaban J connectivity index is 1.92. The van der Waals surface area contributed by atoms with E-state index in [-0.39, 0.29) is 5.84 Å². The topological polar surface area (TPSA) is 56.4 Å². The Kier molecular flexibility index (Phi) is 3.85. The van der Waals surface area contributed by atoms with Crippen molar-refractivity contribution in [3.05, 3.63) is 28.8 Å². The Morgan fingerprint density at radius 2 is 2.05 bits per heavy atom. The molecule has 2 saturated heterocycles. The van der Waals surface area contributed by atoms with E-state index in [4.69, 9.17) is 22.7 Å². The molecule has 2 fully saturated rings. The van der Waals surface area contributed by atoms with Gasteiger partial charge in [-0.25, -0.2) is 0 Å². The molecule has 2 aliphatic heterocycles. The van der Waals surface area contributed by atoms with Crippen molar-refractivity contribution in [2.75, 3.05) is 31.1 Å². The molecule has 0 radical (unpaired) electrons. The molecular formula is C15H21ClN4. The van der Waals surface area contributed by atoms with Gasteiger partial charge in [-0.1, -0.05) is 17.7 Å². The molecule has 1 aromatic carbocycles. The summed E-state index contributed by atoms with van der Waals surface area (Å²) in [7, 11) is 0. The van der Waals surface area contributed by atoms with Crippen LogP contribution in [-0.4, -0.2) is 43.0 Å². The number of nitrogens with one attached hydrogen (secondary N) is 1. The predicted octanol–water partition coefficient (Wildman–Crippen LogP) is 2.30. The number of rotatable bonds is 2. The standard InChI is InChI=1S/C15H21ClN4/c16-12-5-1-6-13(14(12)15(17)18)20-9-3-8-19-7-2-4-11(19)10-20/h1,5-6,11H,2-4,7-10H2,(H3,17,18). The first kappa shape index (κ1) is 13.7. The zero-order valence-corrected chi connectivity index (χ0v) is 12.4. The van der Waals surface area contributed by atoms with Crippen LogP contribution in [0.25, 0.3) is 0 Å². The van der Waals surface area contributed by atoms with Gasteiger partial charge < -0.3 is 10.6 Å². The van der Waals surface area contributed by atoms with Crippen molar-refractivity contribution in [1.29, 1.82) is 5.41 Å². The summed E-state index contributed by atoms with van der Waals surface area (Å²) in [6, 6.07) is 6.42. The van der Waals surface area contributed by atoms with Crippen LogP contribution in [0.3, 0.4) is 0 Å². The van der Waals surface area contributed by atoms with E-state index in [1.165, 1.54) is 25.9 Å². The van der Waals surface area contributed by atoms with E-state index in [1.807, 2.05) is 18.2 Å². The summed E-state index contributed by atoms with van der Waals surface area (Å²) in [4.78, 5) is 4.95. The summed E-state index contributed by atoms with van der Waals surface area (Å²) >= 11 is 6.24. The van der Waals surface area contributed by atoms with Gasteiger partial charge in [0.2, 0.25) is 0 Å². The van der Waals surface area contributed by atoms with Crippen LogP contribution in [0.5, 0.6) is 0 Å². The van der Waals surface area contributed by atoms with Gasteiger partial charge in [0.05, 0.1) is 10.6 Å². The number of halogens is 1. The van der Waals surface area contributed by atoms with E-state index in [0.717, 1.165) is 25.2 Å². The Hall–Kier alpha value is -1.26. The number of fused-ring (bicyclic) bond motifs is 1. The lowest BCUT2D eigenvalue weighted by molar-refractivity contribution is 0.273. The van der Waals surface area contributed by atoms with Crippen molar-refractivity contribution in [2.24, 2.45) is 5.73 Å². The number of amidine groups is 1. The molecule has 3 N–H and O–H groups in total. The van der Waals surface area contributed by atoms with Crippen LogP contribution < -0.4 is 10.6 Å². The van der Waals surface area contributed by atoms with E-state index < -0.39 is 0 Å². The first-order chi connectivity index (χ1) is 9.66. The summed E-state index contributed by atoms with van der Waals surface area (Å²) in [6.45, 7) is 4.43. The minimum absolute atomic E-state index is 0.0538. The molecule has 0 amide bonds. The van der Waals surface area contributed by atoms with Crippen molar-refractivity contribution in [3.63, 3.8) is 0 Å². The molecule has 0 bridgehead atoms.